The molecule has 0 spiro atoms. The quantitative estimate of drug-likeness (QED) is 0.401. The second-order valence-corrected chi connectivity index (χ2v) is 10.3. The minimum Gasteiger partial charge on any atom is -0.497 e. The average molecular weight is 541 g/mol. The molecule has 0 bridgehead atoms. The SMILES string of the molecule is COC(=O)[C@H]1CN(C(=O)CN(c2cccc(OC)c2)S(=O)(=O)c2cc(C)ccc2OC)c2ccccc2O1. The Labute approximate surface area is 221 Å². The summed E-state index contributed by atoms with van der Waals surface area (Å²) >= 11 is 0. The van der Waals surface area contributed by atoms with Crippen LogP contribution < -0.4 is 23.4 Å². The van der Waals surface area contributed by atoms with Crippen LogP contribution in [0.2, 0.25) is 0 Å². The molecule has 1 amide bonds. The molecule has 0 aromatic heterocycles. The van der Waals surface area contributed by atoms with Crippen LogP contribution in [0.25, 0.3) is 0 Å². The monoisotopic (exact) mass is 540 g/mol. The maximum atomic E-state index is 14.1. The molecule has 0 saturated carbocycles. The largest absolute Gasteiger partial charge is 0.497 e. The van der Waals surface area contributed by atoms with Crippen LogP contribution in [0.3, 0.4) is 0 Å². The topological polar surface area (TPSA) is 112 Å². The number of aryl methyl sites for hydroxylation is 1. The molecule has 0 fully saturated rings. The van der Waals surface area contributed by atoms with Crippen LogP contribution in [0.1, 0.15) is 5.56 Å². The van der Waals surface area contributed by atoms with Gasteiger partial charge >= 0.3 is 5.97 Å². The Morgan fingerprint density at radius 3 is 2.47 bits per heavy atom. The van der Waals surface area contributed by atoms with Gasteiger partial charge in [-0.1, -0.05) is 24.3 Å². The maximum Gasteiger partial charge on any atom is 0.348 e. The molecule has 0 unspecified atom stereocenters. The van der Waals surface area contributed by atoms with Crippen LogP contribution in [0, 0.1) is 6.92 Å². The molecule has 11 heteroatoms. The Morgan fingerprint density at radius 1 is 1.00 bits per heavy atom. The van der Waals surface area contributed by atoms with E-state index in [0.29, 0.717) is 22.7 Å². The summed E-state index contributed by atoms with van der Waals surface area (Å²) in [5.41, 5.74) is 1.32. The Hall–Kier alpha value is -4.25. The summed E-state index contributed by atoms with van der Waals surface area (Å²) < 4.78 is 50.4. The van der Waals surface area contributed by atoms with Gasteiger partial charge < -0.3 is 23.8 Å². The van der Waals surface area contributed by atoms with Crippen LogP contribution in [-0.2, 0) is 24.3 Å². The van der Waals surface area contributed by atoms with Gasteiger partial charge in [0.25, 0.3) is 10.0 Å². The van der Waals surface area contributed by atoms with E-state index in [4.69, 9.17) is 18.9 Å². The molecule has 0 aliphatic carbocycles. The molecular formula is C27H28N2O8S. The van der Waals surface area contributed by atoms with E-state index in [1.807, 2.05) is 0 Å². The molecule has 0 saturated heterocycles. The highest BCUT2D eigenvalue weighted by Gasteiger charge is 2.37. The van der Waals surface area contributed by atoms with Gasteiger partial charge in [-0.3, -0.25) is 9.10 Å². The van der Waals surface area contributed by atoms with E-state index in [0.717, 1.165) is 4.31 Å². The van der Waals surface area contributed by atoms with Gasteiger partial charge in [-0.25, -0.2) is 13.2 Å². The zero-order valence-corrected chi connectivity index (χ0v) is 22.2. The van der Waals surface area contributed by atoms with E-state index in [9.17, 15) is 18.0 Å². The standard InChI is InChI=1S/C27H28N2O8S/c1-18-12-13-23(35-3)25(14-18)38(32,33)29(19-8-7-9-20(15-19)34-2)17-26(30)28-16-24(27(31)36-4)37-22-11-6-5-10-21(22)28/h5-15,24H,16-17H2,1-4H3/t24-/m1/s1. The number of carbonyl (C=O) groups excluding carboxylic acids is 2. The van der Waals surface area contributed by atoms with Gasteiger partial charge in [0.15, 0.2) is 0 Å². The fourth-order valence-corrected chi connectivity index (χ4v) is 5.77. The van der Waals surface area contributed by atoms with Crippen molar-refractivity contribution in [1.29, 1.82) is 0 Å². The number of rotatable bonds is 8. The molecular weight excluding hydrogens is 512 g/mol. The van der Waals surface area contributed by atoms with Crippen LogP contribution in [0.15, 0.2) is 71.6 Å². The lowest BCUT2D eigenvalue weighted by Crippen LogP contribution is -2.51. The number of amides is 1. The van der Waals surface area contributed by atoms with Gasteiger partial charge in [-0.2, -0.15) is 0 Å². The second kappa shape index (κ2) is 11.0. The van der Waals surface area contributed by atoms with Crippen molar-refractivity contribution in [3.05, 3.63) is 72.3 Å². The lowest BCUT2D eigenvalue weighted by molar-refractivity contribution is -0.148. The Bertz CT molecular complexity index is 1460. The smallest absolute Gasteiger partial charge is 0.348 e. The van der Waals surface area contributed by atoms with Gasteiger partial charge in [0.1, 0.15) is 28.7 Å². The first-order valence-corrected chi connectivity index (χ1v) is 13.1. The first-order valence-electron chi connectivity index (χ1n) is 11.6. The summed E-state index contributed by atoms with van der Waals surface area (Å²) in [7, 11) is -0.241. The van der Waals surface area contributed by atoms with Crippen molar-refractivity contribution in [3.63, 3.8) is 0 Å². The number of nitrogens with zero attached hydrogens (tertiary/aromatic N) is 2. The Kier molecular flexibility index (Phi) is 7.77. The summed E-state index contributed by atoms with van der Waals surface area (Å²) in [6.45, 7) is 1.04. The fraction of sp³-hybridized carbons (Fsp3) is 0.259. The van der Waals surface area contributed by atoms with Crippen molar-refractivity contribution in [1.82, 2.24) is 0 Å². The van der Waals surface area contributed by atoms with Crippen LogP contribution in [0.4, 0.5) is 11.4 Å². The molecule has 1 heterocycles. The highest BCUT2D eigenvalue weighted by Crippen LogP contribution is 2.35. The van der Waals surface area contributed by atoms with Gasteiger partial charge in [-0.15, -0.1) is 0 Å². The highest BCUT2D eigenvalue weighted by molar-refractivity contribution is 7.93. The van der Waals surface area contributed by atoms with E-state index < -0.39 is 34.5 Å². The summed E-state index contributed by atoms with van der Waals surface area (Å²) in [6.07, 6.45) is -1.07. The second-order valence-electron chi connectivity index (χ2n) is 8.47. The molecule has 1 aliphatic heterocycles. The lowest BCUT2D eigenvalue weighted by atomic mass is 10.2. The normalized spacial score (nSPS) is 14.6. The third kappa shape index (κ3) is 5.23. The van der Waals surface area contributed by atoms with Crippen molar-refractivity contribution in [3.8, 4) is 17.2 Å². The minimum absolute atomic E-state index is 0.0922. The average Bonchev–Trinajstić information content (AvgIpc) is 2.94. The molecule has 4 rings (SSSR count). The molecule has 1 aliphatic rings. The molecule has 3 aromatic rings. The molecule has 200 valence electrons. The van der Waals surface area contributed by atoms with E-state index >= 15 is 0 Å². The van der Waals surface area contributed by atoms with Gasteiger partial charge in [0.2, 0.25) is 12.0 Å². The summed E-state index contributed by atoms with van der Waals surface area (Å²) in [6, 6.07) is 17.9. The van der Waals surface area contributed by atoms with E-state index in [2.05, 4.69) is 0 Å². The number of methoxy groups -OCH3 is 3. The molecule has 10 nitrogen and oxygen atoms in total. The Morgan fingerprint density at radius 2 is 1.76 bits per heavy atom. The minimum atomic E-state index is -4.31. The van der Waals surface area contributed by atoms with Crippen molar-refractivity contribution in [2.45, 2.75) is 17.9 Å². The van der Waals surface area contributed by atoms with Crippen molar-refractivity contribution in [2.75, 3.05) is 43.6 Å². The predicted molar refractivity (Wildman–Crippen MR) is 140 cm³/mol. The highest BCUT2D eigenvalue weighted by atomic mass is 32.2. The van der Waals surface area contributed by atoms with E-state index in [1.165, 1.54) is 38.4 Å². The summed E-state index contributed by atoms with van der Waals surface area (Å²) in [4.78, 5) is 27.3. The summed E-state index contributed by atoms with van der Waals surface area (Å²) in [5, 5.41) is 0. The fourth-order valence-electron chi connectivity index (χ4n) is 4.12. The van der Waals surface area contributed by atoms with Gasteiger partial charge in [0.05, 0.1) is 39.2 Å². The number of hydrogen-bond donors (Lipinski definition) is 0. The number of benzene rings is 3. The molecule has 38 heavy (non-hydrogen) atoms. The summed E-state index contributed by atoms with van der Waals surface area (Å²) in [5.74, 6) is -0.377. The number of sulfonamides is 1. The zero-order valence-electron chi connectivity index (χ0n) is 21.4. The first kappa shape index (κ1) is 26.8. The predicted octanol–water partition coefficient (Wildman–Crippen LogP) is 3.17. The number of anilines is 2. The van der Waals surface area contributed by atoms with Crippen LogP contribution >= 0.6 is 0 Å². The van der Waals surface area contributed by atoms with Crippen molar-refractivity contribution >= 4 is 33.3 Å². The Balaban J connectivity index is 1.79. The molecule has 0 N–H and O–H groups in total. The van der Waals surface area contributed by atoms with Crippen LogP contribution in [-0.4, -0.2) is 60.8 Å². The van der Waals surface area contributed by atoms with Crippen molar-refractivity contribution in [2.24, 2.45) is 0 Å². The molecule has 1 atom stereocenters. The van der Waals surface area contributed by atoms with Gasteiger partial charge in [0, 0.05) is 6.07 Å². The van der Waals surface area contributed by atoms with Crippen molar-refractivity contribution < 1.29 is 37.0 Å². The number of carbonyl (C=O) groups is 2. The van der Waals surface area contributed by atoms with E-state index in [-0.39, 0.29) is 22.9 Å². The number of para-hydroxylation sites is 2. The number of hydrogen-bond acceptors (Lipinski definition) is 8. The molecule has 0 radical (unpaired) electrons. The number of ether oxygens (including phenoxy) is 4. The lowest BCUT2D eigenvalue weighted by Gasteiger charge is -2.35. The van der Waals surface area contributed by atoms with Gasteiger partial charge in [-0.05, 0) is 48.9 Å². The van der Waals surface area contributed by atoms with E-state index in [1.54, 1.807) is 61.5 Å². The zero-order chi connectivity index (χ0) is 27.4. The maximum absolute atomic E-state index is 14.1. The van der Waals surface area contributed by atoms with Crippen LogP contribution in [0.5, 0.6) is 17.2 Å². The molecule has 3 aromatic carbocycles. The third-order valence-corrected chi connectivity index (χ3v) is 7.84. The number of fused-ring (bicyclic) bond motifs is 1. The third-order valence-electron chi connectivity index (χ3n) is 6.05. The first-order chi connectivity index (χ1) is 18.2. The number of esters is 1.